The number of hydrogen-bond acceptors (Lipinski definition) is 1. The van der Waals surface area contributed by atoms with Crippen LogP contribution in [-0.2, 0) is 4.79 Å². The number of rotatable bonds is 4. The first-order valence-electron chi connectivity index (χ1n) is 7.06. The molecule has 4 rings (SSSR count). The highest BCUT2D eigenvalue weighted by atomic mass is 35.5. The van der Waals surface area contributed by atoms with E-state index in [0.717, 1.165) is 50.0 Å². The van der Waals surface area contributed by atoms with Gasteiger partial charge in [-0.25, -0.2) is 0 Å². The van der Waals surface area contributed by atoms with E-state index in [0.29, 0.717) is 11.8 Å². The fraction of sp³-hybridized carbons (Fsp3) is 0.929. The summed E-state index contributed by atoms with van der Waals surface area (Å²) in [5.41, 5.74) is 0.0149. The molecule has 0 aromatic heterocycles. The first kappa shape index (κ1) is 11.8. The van der Waals surface area contributed by atoms with Gasteiger partial charge in [0.05, 0.1) is 0 Å². The van der Waals surface area contributed by atoms with Gasteiger partial charge in [-0.3, -0.25) is 4.79 Å². The van der Waals surface area contributed by atoms with Gasteiger partial charge in [-0.2, -0.15) is 0 Å². The van der Waals surface area contributed by atoms with Crippen molar-refractivity contribution in [2.45, 2.75) is 44.9 Å². The van der Waals surface area contributed by atoms with Crippen molar-refractivity contribution < 1.29 is 4.79 Å². The van der Waals surface area contributed by atoms with Crippen LogP contribution in [0, 0.1) is 23.2 Å². The van der Waals surface area contributed by atoms with E-state index in [1.54, 1.807) is 0 Å². The lowest BCUT2D eigenvalue weighted by Gasteiger charge is -2.55. The van der Waals surface area contributed by atoms with Crippen molar-refractivity contribution in [3.63, 3.8) is 0 Å². The molecule has 0 atom stereocenters. The van der Waals surface area contributed by atoms with Gasteiger partial charge in [0.15, 0.2) is 0 Å². The monoisotopic (exact) mass is 255 g/mol. The Hall–Kier alpha value is -0.240. The molecule has 96 valence electrons. The molecule has 0 aromatic carbocycles. The zero-order chi connectivity index (χ0) is 11.9. The first-order chi connectivity index (χ1) is 8.22. The predicted molar refractivity (Wildman–Crippen MR) is 69.0 cm³/mol. The minimum Gasteiger partial charge on any atom is -0.356 e. The second-order valence-electron chi connectivity index (χ2n) is 6.50. The summed E-state index contributed by atoms with van der Waals surface area (Å²) in [7, 11) is 0. The molecule has 1 N–H and O–H groups in total. The van der Waals surface area contributed by atoms with E-state index in [4.69, 9.17) is 11.6 Å². The number of alkyl halides is 1. The highest BCUT2D eigenvalue weighted by molar-refractivity contribution is 6.17. The molecule has 1 amide bonds. The van der Waals surface area contributed by atoms with Crippen molar-refractivity contribution >= 4 is 17.5 Å². The molecule has 4 saturated carbocycles. The Morgan fingerprint density at radius 1 is 1.12 bits per heavy atom. The molecule has 4 bridgehead atoms. The van der Waals surface area contributed by atoms with Crippen LogP contribution >= 0.6 is 11.6 Å². The molecular weight excluding hydrogens is 234 g/mol. The summed E-state index contributed by atoms with van der Waals surface area (Å²) >= 11 is 5.65. The van der Waals surface area contributed by atoms with Gasteiger partial charge in [0.2, 0.25) is 5.91 Å². The van der Waals surface area contributed by atoms with Crippen LogP contribution in [0.2, 0.25) is 0 Å². The van der Waals surface area contributed by atoms with E-state index in [-0.39, 0.29) is 5.41 Å². The number of halogens is 1. The molecule has 0 unspecified atom stereocenters. The fourth-order valence-electron chi connectivity index (χ4n) is 4.84. The van der Waals surface area contributed by atoms with Gasteiger partial charge in [0.25, 0.3) is 0 Å². The first-order valence-corrected chi connectivity index (χ1v) is 7.59. The molecule has 0 aromatic rings. The van der Waals surface area contributed by atoms with Gasteiger partial charge < -0.3 is 5.32 Å². The normalized spacial score (nSPS) is 42.8. The summed E-state index contributed by atoms with van der Waals surface area (Å²) in [4.78, 5) is 12.4. The summed E-state index contributed by atoms with van der Waals surface area (Å²) in [6.07, 6.45) is 8.55. The van der Waals surface area contributed by atoms with Gasteiger partial charge in [0, 0.05) is 17.8 Å². The van der Waals surface area contributed by atoms with E-state index in [2.05, 4.69) is 5.32 Å². The van der Waals surface area contributed by atoms with Gasteiger partial charge in [-0.1, -0.05) is 0 Å². The SMILES string of the molecule is O=C(NCCCCl)C12CC3CC(CC(C3)C1)C2. The number of hydrogen-bond donors (Lipinski definition) is 1. The summed E-state index contributed by atoms with van der Waals surface area (Å²) in [5, 5.41) is 3.12. The van der Waals surface area contributed by atoms with Crippen molar-refractivity contribution in [1.82, 2.24) is 5.32 Å². The fourth-order valence-corrected chi connectivity index (χ4v) is 4.98. The Bertz CT molecular complexity index is 280. The molecule has 3 heteroatoms. The lowest BCUT2D eigenvalue weighted by atomic mass is 9.49. The van der Waals surface area contributed by atoms with Crippen LogP contribution < -0.4 is 5.32 Å². The van der Waals surface area contributed by atoms with E-state index >= 15 is 0 Å². The quantitative estimate of drug-likeness (QED) is 0.607. The van der Waals surface area contributed by atoms with Crippen LogP contribution in [0.1, 0.15) is 44.9 Å². The highest BCUT2D eigenvalue weighted by Crippen LogP contribution is 2.60. The molecule has 4 aliphatic rings. The van der Waals surface area contributed by atoms with Crippen molar-refractivity contribution in [3.8, 4) is 0 Å². The molecule has 4 fully saturated rings. The standard InChI is InChI=1S/C14H22ClNO/c15-2-1-3-16-13(17)14-7-10-4-11(8-14)6-12(5-10)9-14/h10-12H,1-9H2,(H,16,17). The summed E-state index contributed by atoms with van der Waals surface area (Å²) in [6.45, 7) is 0.754. The molecule has 0 heterocycles. The molecule has 0 spiro atoms. The molecule has 4 aliphatic carbocycles. The number of amides is 1. The van der Waals surface area contributed by atoms with E-state index < -0.39 is 0 Å². The zero-order valence-corrected chi connectivity index (χ0v) is 11.1. The van der Waals surface area contributed by atoms with Crippen LogP contribution in [0.4, 0.5) is 0 Å². The van der Waals surface area contributed by atoms with Gasteiger partial charge in [0.1, 0.15) is 0 Å². The minimum absolute atomic E-state index is 0.0149. The van der Waals surface area contributed by atoms with Crippen molar-refractivity contribution in [1.29, 1.82) is 0 Å². The third kappa shape index (κ3) is 2.09. The third-order valence-electron chi connectivity index (χ3n) is 5.12. The highest BCUT2D eigenvalue weighted by Gasteiger charge is 2.54. The Labute approximate surface area is 108 Å². The number of carbonyl (C=O) groups is 1. The molecule has 0 aliphatic heterocycles. The summed E-state index contributed by atoms with van der Waals surface area (Å²) < 4.78 is 0. The largest absolute Gasteiger partial charge is 0.356 e. The third-order valence-corrected chi connectivity index (χ3v) is 5.38. The summed E-state index contributed by atoms with van der Waals surface area (Å²) in [6, 6.07) is 0. The van der Waals surface area contributed by atoms with Gasteiger partial charge >= 0.3 is 0 Å². The van der Waals surface area contributed by atoms with Crippen LogP contribution in [0.25, 0.3) is 0 Å². The van der Waals surface area contributed by atoms with Crippen LogP contribution in [-0.4, -0.2) is 18.3 Å². The maximum atomic E-state index is 12.4. The smallest absolute Gasteiger partial charge is 0.226 e. The lowest BCUT2D eigenvalue weighted by Crippen LogP contribution is -2.53. The Kier molecular flexibility index (Phi) is 3.10. The van der Waals surface area contributed by atoms with Crippen LogP contribution in [0.3, 0.4) is 0 Å². The Balaban J connectivity index is 1.67. The maximum absolute atomic E-state index is 12.4. The van der Waals surface area contributed by atoms with E-state index in [1.165, 1.54) is 19.3 Å². The molecule has 17 heavy (non-hydrogen) atoms. The van der Waals surface area contributed by atoms with E-state index in [9.17, 15) is 4.79 Å². The summed E-state index contributed by atoms with van der Waals surface area (Å²) in [5.74, 6) is 3.52. The second-order valence-corrected chi connectivity index (χ2v) is 6.87. The van der Waals surface area contributed by atoms with Gasteiger partial charge in [-0.05, 0) is 62.7 Å². The Morgan fingerprint density at radius 3 is 2.12 bits per heavy atom. The average Bonchev–Trinajstić information content (AvgIpc) is 2.27. The van der Waals surface area contributed by atoms with Crippen molar-refractivity contribution in [2.24, 2.45) is 23.2 Å². The Morgan fingerprint density at radius 2 is 1.65 bits per heavy atom. The molecule has 0 saturated heterocycles. The zero-order valence-electron chi connectivity index (χ0n) is 10.4. The molecule has 2 nitrogen and oxygen atoms in total. The molecule has 0 radical (unpaired) electrons. The number of carbonyl (C=O) groups excluding carboxylic acids is 1. The predicted octanol–water partition coefficient (Wildman–Crippen LogP) is 2.95. The average molecular weight is 256 g/mol. The van der Waals surface area contributed by atoms with E-state index in [1.807, 2.05) is 0 Å². The number of nitrogens with one attached hydrogen (secondary N) is 1. The second kappa shape index (κ2) is 4.46. The van der Waals surface area contributed by atoms with Gasteiger partial charge in [-0.15, -0.1) is 11.6 Å². The van der Waals surface area contributed by atoms with Crippen molar-refractivity contribution in [3.05, 3.63) is 0 Å². The molecular formula is C14H22ClNO. The lowest BCUT2D eigenvalue weighted by molar-refractivity contribution is -0.146. The minimum atomic E-state index is 0.0149. The van der Waals surface area contributed by atoms with Crippen LogP contribution in [0.15, 0.2) is 0 Å². The van der Waals surface area contributed by atoms with Crippen molar-refractivity contribution in [2.75, 3.05) is 12.4 Å². The topological polar surface area (TPSA) is 29.1 Å². The van der Waals surface area contributed by atoms with Crippen LogP contribution in [0.5, 0.6) is 0 Å². The maximum Gasteiger partial charge on any atom is 0.226 e.